The summed E-state index contributed by atoms with van der Waals surface area (Å²) in [6, 6.07) is 0. The first kappa shape index (κ1) is 86.1. The Kier molecular flexibility index (Phi) is 61.1. The van der Waals surface area contributed by atoms with Crippen LogP contribution < -0.4 is 0 Å². The van der Waals surface area contributed by atoms with E-state index in [1.165, 1.54) is 173 Å². The van der Waals surface area contributed by atoms with Gasteiger partial charge in [-0.1, -0.05) is 304 Å². The molecule has 2 unspecified atom stereocenters. The van der Waals surface area contributed by atoms with Crippen molar-refractivity contribution in [1.82, 2.24) is 0 Å². The molecule has 0 aromatic heterocycles. The highest BCUT2D eigenvalue weighted by molar-refractivity contribution is 7.47. The fourth-order valence-electron chi connectivity index (χ4n) is 10.5. The van der Waals surface area contributed by atoms with Crippen molar-refractivity contribution < 1.29 is 80.2 Å². The first-order chi connectivity index (χ1) is 42.5. The average Bonchev–Trinajstić information content (AvgIpc) is 3.54. The molecule has 0 aliphatic rings. The molecule has 0 radical (unpaired) electrons. The summed E-state index contributed by atoms with van der Waals surface area (Å²) in [5.41, 5.74) is 0. The molecule has 0 saturated carbocycles. The first-order valence-corrected chi connectivity index (χ1v) is 39.1. The number of phosphoric ester groups is 2. The molecular formula is C69H134O17P2. The Balaban J connectivity index is 5.14. The third kappa shape index (κ3) is 62.8. The Morgan fingerprint density at radius 1 is 0.307 bits per heavy atom. The van der Waals surface area contributed by atoms with Crippen molar-refractivity contribution in [2.75, 3.05) is 39.6 Å². The van der Waals surface area contributed by atoms with Gasteiger partial charge < -0.3 is 33.8 Å². The summed E-state index contributed by atoms with van der Waals surface area (Å²) in [5, 5.41) is 10.5. The van der Waals surface area contributed by atoms with Crippen LogP contribution in [0.15, 0.2) is 0 Å². The van der Waals surface area contributed by atoms with E-state index < -0.39 is 97.5 Å². The minimum Gasteiger partial charge on any atom is -0.462 e. The summed E-state index contributed by atoms with van der Waals surface area (Å²) in [4.78, 5) is 72.1. The molecule has 0 heterocycles. The number of unbranched alkanes of at least 4 members (excludes halogenated alkanes) is 41. The Morgan fingerprint density at radius 3 is 0.773 bits per heavy atom. The molecule has 0 rings (SSSR count). The molecule has 0 saturated heterocycles. The molecule has 17 nitrogen and oxygen atoms in total. The SMILES string of the molecule is CCCCCCCCCCCCCCCCCCC(=O)OC[C@H](COP(=O)(O)OC[C@@H](O)COP(=O)(O)OC[C@@H](COC(=O)CCCCCCC)OC(=O)CCCCCCCCCCC)OC(=O)CCCCCCCCCCCCCCCCCC(C)C. The second-order valence-corrected chi connectivity index (χ2v) is 28.3. The monoisotopic (exact) mass is 1300 g/mol. The van der Waals surface area contributed by atoms with Crippen molar-refractivity contribution >= 4 is 39.5 Å². The Hall–Kier alpha value is -1.94. The number of esters is 4. The van der Waals surface area contributed by atoms with Crippen molar-refractivity contribution in [2.24, 2.45) is 5.92 Å². The summed E-state index contributed by atoms with van der Waals surface area (Å²) < 4.78 is 68.0. The van der Waals surface area contributed by atoms with Gasteiger partial charge in [0.2, 0.25) is 0 Å². The van der Waals surface area contributed by atoms with Gasteiger partial charge in [-0.15, -0.1) is 0 Å². The second kappa shape index (κ2) is 62.5. The number of carbonyl (C=O) groups is 4. The molecule has 0 bridgehead atoms. The summed E-state index contributed by atoms with van der Waals surface area (Å²) in [6.45, 7) is 7.16. The van der Waals surface area contributed by atoms with Gasteiger partial charge in [-0.2, -0.15) is 0 Å². The van der Waals surface area contributed by atoms with Crippen molar-refractivity contribution in [3.05, 3.63) is 0 Å². The molecule has 0 aliphatic heterocycles. The molecule has 0 aromatic carbocycles. The van der Waals surface area contributed by atoms with Gasteiger partial charge in [0, 0.05) is 25.7 Å². The van der Waals surface area contributed by atoms with E-state index in [0.717, 1.165) is 102 Å². The highest BCUT2D eigenvalue weighted by atomic mass is 31.2. The largest absolute Gasteiger partial charge is 0.472 e. The maximum Gasteiger partial charge on any atom is 0.472 e. The van der Waals surface area contributed by atoms with Crippen LogP contribution in [0.3, 0.4) is 0 Å². The van der Waals surface area contributed by atoms with E-state index in [4.69, 9.17) is 37.0 Å². The van der Waals surface area contributed by atoms with Crippen LogP contribution in [0.5, 0.6) is 0 Å². The zero-order valence-corrected chi connectivity index (χ0v) is 58.6. The standard InChI is InChI=1S/C69H134O17P2/c1-6-9-12-15-17-19-20-21-22-25-28-31-35-38-43-48-53-67(72)80-59-65(86-69(74)55-50-45-40-36-32-29-26-23-24-27-30-34-37-42-46-51-62(4)5)61-84-88(77,78)82-57-63(70)56-81-87(75,76)83-60-64(58-79-66(71)52-47-41-14-11-8-3)85-68(73)54-49-44-39-33-18-16-13-10-7-2/h62-65,70H,6-61H2,1-5H3,(H,75,76)(H,77,78)/t63-,64+,65+/m0/s1. The lowest BCUT2D eigenvalue weighted by atomic mass is 10.0. The molecule has 0 aliphatic carbocycles. The summed E-state index contributed by atoms with van der Waals surface area (Å²) in [5.74, 6) is -1.33. The summed E-state index contributed by atoms with van der Waals surface area (Å²) in [7, 11) is -9.88. The molecular weight excluding hydrogens is 1160 g/mol. The first-order valence-electron chi connectivity index (χ1n) is 36.1. The van der Waals surface area contributed by atoms with Gasteiger partial charge in [0.25, 0.3) is 0 Å². The number of aliphatic hydroxyl groups is 1. The molecule has 0 amide bonds. The van der Waals surface area contributed by atoms with Crippen molar-refractivity contribution in [1.29, 1.82) is 0 Å². The molecule has 88 heavy (non-hydrogen) atoms. The highest BCUT2D eigenvalue weighted by Gasteiger charge is 2.30. The quantitative estimate of drug-likeness (QED) is 0.0222. The van der Waals surface area contributed by atoms with Crippen molar-refractivity contribution in [2.45, 2.75) is 374 Å². The minimum absolute atomic E-state index is 0.105. The van der Waals surface area contributed by atoms with E-state index in [1.807, 2.05) is 0 Å². The van der Waals surface area contributed by atoms with Gasteiger partial charge in [-0.05, 0) is 31.6 Å². The van der Waals surface area contributed by atoms with Crippen LogP contribution in [0, 0.1) is 5.92 Å². The molecule has 19 heteroatoms. The van der Waals surface area contributed by atoms with Crippen LogP contribution in [-0.2, 0) is 65.4 Å². The number of aliphatic hydroxyl groups excluding tert-OH is 1. The van der Waals surface area contributed by atoms with E-state index in [0.29, 0.717) is 25.7 Å². The van der Waals surface area contributed by atoms with E-state index in [1.54, 1.807) is 0 Å². The van der Waals surface area contributed by atoms with Gasteiger partial charge in [-0.3, -0.25) is 37.3 Å². The molecule has 3 N–H and O–H groups in total. The van der Waals surface area contributed by atoms with E-state index in [2.05, 4.69) is 34.6 Å². The summed E-state index contributed by atoms with van der Waals surface area (Å²) in [6.07, 6.45) is 49.0. The summed E-state index contributed by atoms with van der Waals surface area (Å²) >= 11 is 0. The number of carbonyl (C=O) groups excluding carboxylic acids is 4. The molecule has 522 valence electrons. The van der Waals surface area contributed by atoms with Crippen LogP contribution >= 0.6 is 15.6 Å². The predicted molar refractivity (Wildman–Crippen MR) is 354 cm³/mol. The van der Waals surface area contributed by atoms with Gasteiger partial charge in [0.05, 0.1) is 26.4 Å². The number of ether oxygens (including phenoxy) is 4. The van der Waals surface area contributed by atoms with Gasteiger partial charge >= 0.3 is 39.5 Å². The predicted octanol–water partition coefficient (Wildman–Crippen LogP) is 19.7. The fourth-order valence-corrected chi connectivity index (χ4v) is 12.0. The number of hydrogen-bond donors (Lipinski definition) is 3. The van der Waals surface area contributed by atoms with Crippen LogP contribution in [0.4, 0.5) is 0 Å². The smallest absolute Gasteiger partial charge is 0.462 e. The van der Waals surface area contributed by atoms with Crippen LogP contribution in [0.25, 0.3) is 0 Å². The van der Waals surface area contributed by atoms with E-state index in [-0.39, 0.29) is 25.7 Å². The van der Waals surface area contributed by atoms with Crippen molar-refractivity contribution in [3.8, 4) is 0 Å². The van der Waals surface area contributed by atoms with E-state index >= 15 is 0 Å². The average molecular weight is 1300 g/mol. The zero-order chi connectivity index (χ0) is 64.9. The van der Waals surface area contributed by atoms with Gasteiger partial charge in [0.15, 0.2) is 12.2 Å². The molecule has 0 spiro atoms. The van der Waals surface area contributed by atoms with Crippen LogP contribution in [0.1, 0.15) is 356 Å². The lowest BCUT2D eigenvalue weighted by molar-refractivity contribution is -0.161. The Bertz CT molecular complexity index is 1700. The highest BCUT2D eigenvalue weighted by Crippen LogP contribution is 2.45. The van der Waals surface area contributed by atoms with Crippen LogP contribution in [-0.4, -0.2) is 96.7 Å². The van der Waals surface area contributed by atoms with Crippen LogP contribution in [0.2, 0.25) is 0 Å². The van der Waals surface area contributed by atoms with Gasteiger partial charge in [0.1, 0.15) is 19.3 Å². The maximum absolute atomic E-state index is 13.0. The van der Waals surface area contributed by atoms with Gasteiger partial charge in [-0.25, -0.2) is 9.13 Å². The fraction of sp³-hybridized carbons (Fsp3) is 0.942. The number of phosphoric acid groups is 2. The third-order valence-electron chi connectivity index (χ3n) is 16.0. The Morgan fingerprint density at radius 2 is 0.523 bits per heavy atom. The Labute approximate surface area is 537 Å². The lowest BCUT2D eigenvalue weighted by Gasteiger charge is -2.21. The van der Waals surface area contributed by atoms with Crippen molar-refractivity contribution in [3.63, 3.8) is 0 Å². The topological polar surface area (TPSA) is 237 Å². The second-order valence-electron chi connectivity index (χ2n) is 25.4. The zero-order valence-electron chi connectivity index (χ0n) is 56.9. The molecule has 0 aromatic rings. The van der Waals surface area contributed by atoms with E-state index in [9.17, 15) is 43.2 Å². The normalized spacial score (nSPS) is 14.1. The number of hydrogen-bond acceptors (Lipinski definition) is 15. The third-order valence-corrected chi connectivity index (χ3v) is 17.9. The minimum atomic E-state index is -4.95. The maximum atomic E-state index is 13.0. The number of rotatable bonds is 69. The molecule has 5 atom stereocenters. The molecule has 0 fully saturated rings. The lowest BCUT2D eigenvalue weighted by Crippen LogP contribution is -2.30.